The number of benzene rings is 1. The molecule has 0 N–H and O–H groups in total. The average Bonchev–Trinajstić information content (AvgIpc) is 3.17. The second kappa shape index (κ2) is 8.15. The quantitative estimate of drug-likeness (QED) is 0.639. The Morgan fingerprint density at radius 1 is 1.21 bits per heavy atom. The number of piperazine rings is 1. The molecular weight excluding hydrogens is 363 g/mol. The van der Waals surface area contributed by atoms with E-state index in [-0.39, 0.29) is 11.9 Å². The number of hydrogen-bond acceptors (Lipinski definition) is 8. The predicted molar refractivity (Wildman–Crippen MR) is 101 cm³/mol. The topological polar surface area (TPSA) is 80.4 Å². The molecular formula is C19H23FN6O2. The molecule has 0 bridgehead atoms. The lowest BCUT2D eigenvalue weighted by molar-refractivity contribution is 0.0683. The molecule has 28 heavy (non-hydrogen) atoms. The fourth-order valence-electron chi connectivity index (χ4n) is 3.40. The molecule has 1 aliphatic rings. The molecule has 4 rings (SSSR count). The van der Waals surface area contributed by atoms with Crippen LogP contribution in [-0.4, -0.2) is 57.8 Å². The maximum atomic E-state index is 13.7. The van der Waals surface area contributed by atoms with Crippen LogP contribution in [0.15, 0.2) is 29.0 Å². The van der Waals surface area contributed by atoms with Gasteiger partial charge in [-0.3, -0.25) is 4.90 Å². The van der Waals surface area contributed by atoms with Crippen molar-refractivity contribution in [1.29, 1.82) is 0 Å². The Balaban J connectivity index is 1.40. The molecule has 1 atom stereocenters. The van der Waals surface area contributed by atoms with Gasteiger partial charge in [-0.15, -0.1) is 0 Å². The van der Waals surface area contributed by atoms with E-state index in [1.807, 2.05) is 13.8 Å². The highest BCUT2D eigenvalue weighted by atomic mass is 19.1. The van der Waals surface area contributed by atoms with Gasteiger partial charge in [-0.25, -0.2) is 14.4 Å². The minimum atomic E-state index is -0.282. The third kappa shape index (κ3) is 3.95. The molecule has 3 heterocycles. The van der Waals surface area contributed by atoms with Crippen LogP contribution in [0.1, 0.15) is 31.7 Å². The lowest BCUT2D eigenvalue weighted by atomic mass is 10.2. The highest BCUT2D eigenvalue weighted by Crippen LogP contribution is 2.25. The molecule has 2 aromatic heterocycles. The maximum Gasteiger partial charge on any atom is 0.240 e. The molecule has 0 amide bonds. The Morgan fingerprint density at radius 3 is 2.82 bits per heavy atom. The molecule has 8 nitrogen and oxygen atoms in total. The van der Waals surface area contributed by atoms with Crippen LogP contribution < -0.4 is 4.90 Å². The maximum absolute atomic E-state index is 13.7. The van der Waals surface area contributed by atoms with Gasteiger partial charge in [0.05, 0.1) is 12.1 Å². The lowest BCUT2D eigenvalue weighted by Crippen LogP contribution is -2.46. The molecule has 1 saturated heterocycles. The number of halogens is 1. The number of nitrogens with zero attached hydrogens (tertiary/aromatic N) is 6. The summed E-state index contributed by atoms with van der Waals surface area (Å²) in [6, 6.07) is 4.60. The van der Waals surface area contributed by atoms with Gasteiger partial charge < -0.3 is 14.2 Å². The molecule has 3 aromatic rings. The first-order valence-corrected chi connectivity index (χ1v) is 9.45. The Labute approximate surface area is 162 Å². The predicted octanol–water partition coefficient (Wildman–Crippen LogP) is 2.57. The van der Waals surface area contributed by atoms with Crippen LogP contribution >= 0.6 is 0 Å². The van der Waals surface area contributed by atoms with Gasteiger partial charge in [-0.2, -0.15) is 4.98 Å². The highest BCUT2D eigenvalue weighted by Gasteiger charge is 2.22. The molecule has 0 aliphatic carbocycles. The Kier molecular flexibility index (Phi) is 5.45. The Morgan fingerprint density at radius 2 is 2.04 bits per heavy atom. The molecule has 9 heteroatoms. The van der Waals surface area contributed by atoms with Crippen LogP contribution in [0.25, 0.3) is 10.9 Å². The Bertz CT molecular complexity index is 941. The SMILES string of the molecule is CCOC(C)c1noc(CN2CCN(c3ncnc4ccc(F)cc34)CC2)n1. The van der Waals surface area contributed by atoms with Crippen LogP contribution in [0, 0.1) is 5.82 Å². The van der Waals surface area contributed by atoms with Crippen molar-refractivity contribution in [3.63, 3.8) is 0 Å². The van der Waals surface area contributed by atoms with Gasteiger partial charge in [0, 0.05) is 38.2 Å². The summed E-state index contributed by atoms with van der Waals surface area (Å²) in [5.74, 6) is 1.65. The third-order valence-corrected chi connectivity index (χ3v) is 4.87. The lowest BCUT2D eigenvalue weighted by Gasteiger charge is -2.35. The number of hydrogen-bond donors (Lipinski definition) is 0. The monoisotopic (exact) mass is 386 g/mol. The molecule has 1 fully saturated rings. The number of ether oxygens (including phenoxy) is 1. The average molecular weight is 386 g/mol. The minimum Gasteiger partial charge on any atom is -0.371 e. The number of anilines is 1. The number of aromatic nitrogens is 4. The zero-order valence-corrected chi connectivity index (χ0v) is 16.0. The van der Waals surface area contributed by atoms with E-state index in [1.54, 1.807) is 6.07 Å². The normalized spacial score (nSPS) is 16.6. The van der Waals surface area contributed by atoms with Crippen LogP contribution in [0.3, 0.4) is 0 Å². The molecule has 0 spiro atoms. The molecule has 0 radical (unpaired) electrons. The summed E-state index contributed by atoms with van der Waals surface area (Å²) in [5.41, 5.74) is 0.746. The van der Waals surface area contributed by atoms with E-state index in [2.05, 4.69) is 29.9 Å². The highest BCUT2D eigenvalue weighted by molar-refractivity contribution is 5.89. The van der Waals surface area contributed by atoms with Crippen LogP contribution in [-0.2, 0) is 11.3 Å². The van der Waals surface area contributed by atoms with Crippen LogP contribution in [0.4, 0.5) is 10.2 Å². The smallest absolute Gasteiger partial charge is 0.240 e. The van der Waals surface area contributed by atoms with Gasteiger partial charge >= 0.3 is 0 Å². The number of fused-ring (bicyclic) bond motifs is 1. The minimum absolute atomic E-state index is 0.175. The molecule has 0 saturated carbocycles. The molecule has 1 aliphatic heterocycles. The van der Waals surface area contributed by atoms with E-state index in [4.69, 9.17) is 9.26 Å². The second-order valence-corrected chi connectivity index (χ2v) is 6.77. The van der Waals surface area contributed by atoms with Crippen molar-refractivity contribution in [1.82, 2.24) is 25.0 Å². The van der Waals surface area contributed by atoms with Crippen LogP contribution in [0.2, 0.25) is 0 Å². The van der Waals surface area contributed by atoms with Gasteiger partial charge in [0.15, 0.2) is 5.82 Å². The van der Waals surface area contributed by atoms with Crippen molar-refractivity contribution in [3.05, 3.63) is 42.1 Å². The van der Waals surface area contributed by atoms with Crippen molar-refractivity contribution >= 4 is 16.7 Å². The first kappa shape index (κ1) is 18.7. The van der Waals surface area contributed by atoms with Gasteiger partial charge in [-0.1, -0.05) is 5.16 Å². The second-order valence-electron chi connectivity index (χ2n) is 6.77. The van der Waals surface area contributed by atoms with Crippen molar-refractivity contribution < 1.29 is 13.7 Å². The van der Waals surface area contributed by atoms with Crippen molar-refractivity contribution in [2.75, 3.05) is 37.7 Å². The zero-order chi connectivity index (χ0) is 19.5. The van der Waals surface area contributed by atoms with E-state index in [9.17, 15) is 4.39 Å². The number of rotatable bonds is 6. The molecule has 1 unspecified atom stereocenters. The first-order chi connectivity index (χ1) is 13.6. The summed E-state index contributed by atoms with van der Waals surface area (Å²) in [4.78, 5) is 17.5. The van der Waals surface area contributed by atoms with Gasteiger partial charge in [0.25, 0.3) is 0 Å². The summed E-state index contributed by atoms with van der Waals surface area (Å²) in [5, 5.41) is 4.74. The van der Waals surface area contributed by atoms with Crippen LogP contribution in [0.5, 0.6) is 0 Å². The fraction of sp³-hybridized carbons (Fsp3) is 0.474. The molecule has 1 aromatic carbocycles. The van der Waals surface area contributed by atoms with Crippen molar-refractivity contribution in [3.8, 4) is 0 Å². The first-order valence-electron chi connectivity index (χ1n) is 9.45. The fourth-order valence-corrected chi connectivity index (χ4v) is 3.40. The van der Waals surface area contributed by atoms with E-state index in [1.165, 1.54) is 18.5 Å². The van der Waals surface area contributed by atoms with E-state index < -0.39 is 0 Å². The standard InChI is InChI=1S/C19H23FN6O2/c1-3-27-13(2)18-23-17(28-24-18)11-25-6-8-26(9-7-25)19-15-10-14(20)4-5-16(15)21-12-22-19/h4-5,10,12-13H,3,6-9,11H2,1-2H3. The van der Waals surface area contributed by atoms with Crippen molar-refractivity contribution in [2.24, 2.45) is 0 Å². The van der Waals surface area contributed by atoms with E-state index >= 15 is 0 Å². The van der Waals surface area contributed by atoms with Gasteiger partial charge in [0.2, 0.25) is 5.89 Å². The Hall–Kier alpha value is -2.65. The summed E-state index contributed by atoms with van der Waals surface area (Å²) in [6.07, 6.45) is 1.35. The largest absolute Gasteiger partial charge is 0.371 e. The van der Waals surface area contributed by atoms with E-state index in [0.717, 1.165) is 42.9 Å². The summed E-state index contributed by atoms with van der Waals surface area (Å²) >= 11 is 0. The summed E-state index contributed by atoms with van der Waals surface area (Å²) < 4.78 is 24.5. The summed E-state index contributed by atoms with van der Waals surface area (Å²) in [7, 11) is 0. The zero-order valence-electron chi connectivity index (χ0n) is 16.0. The molecule has 148 valence electrons. The third-order valence-electron chi connectivity index (χ3n) is 4.87. The van der Waals surface area contributed by atoms with Gasteiger partial charge in [0.1, 0.15) is 24.1 Å². The van der Waals surface area contributed by atoms with Gasteiger partial charge in [-0.05, 0) is 32.0 Å². The van der Waals surface area contributed by atoms with E-state index in [0.29, 0.717) is 24.9 Å². The van der Waals surface area contributed by atoms with Crippen molar-refractivity contribution in [2.45, 2.75) is 26.5 Å². The summed E-state index contributed by atoms with van der Waals surface area (Å²) in [6.45, 7) is 8.24.